The summed E-state index contributed by atoms with van der Waals surface area (Å²) in [5.74, 6) is 0.472. The Hall–Kier alpha value is -3.60. The van der Waals surface area contributed by atoms with Crippen molar-refractivity contribution in [3.8, 4) is 0 Å². The van der Waals surface area contributed by atoms with Gasteiger partial charge in [0.1, 0.15) is 5.70 Å². The van der Waals surface area contributed by atoms with Gasteiger partial charge < -0.3 is 9.80 Å². The van der Waals surface area contributed by atoms with Gasteiger partial charge in [0.2, 0.25) is 0 Å². The molecule has 0 saturated carbocycles. The number of amides is 1. The third-order valence-corrected chi connectivity index (χ3v) is 6.28. The van der Waals surface area contributed by atoms with E-state index >= 15 is 0 Å². The number of rotatable bonds is 6. The van der Waals surface area contributed by atoms with Crippen LogP contribution in [0.3, 0.4) is 0 Å². The lowest BCUT2D eigenvalue weighted by Gasteiger charge is -2.33. The number of nitrogens with zero attached hydrogens (tertiary/aromatic N) is 3. The molecule has 5 nitrogen and oxygen atoms in total. The molecular formula is C28H31N3O2. The lowest BCUT2D eigenvalue weighted by molar-refractivity contribution is -0.126. The molecule has 1 aliphatic heterocycles. The van der Waals surface area contributed by atoms with Crippen molar-refractivity contribution in [2.45, 2.75) is 19.3 Å². The maximum atomic E-state index is 13.6. The maximum absolute atomic E-state index is 13.6. The summed E-state index contributed by atoms with van der Waals surface area (Å²) >= 11 is 0. The second kappa shape index (κ2) is 10.3. The molecule has 3 aromatic rings. The lowest BCUT2D eigenvalue weighted by atomic mass is 9.90. The number of hydrogen-bond acceptors (Lipinski definition) is 3. The minimum Gasteiger partial charge on any atom is -0.378 e. The summed E-state index contributed by atoms with van der Waals surface area (Å²) in [6, 6.07) is 23.5. The highest BCUT2D eigenvalue weighted by molar-refractivity contribution is 6.18. The molecule has 0 aliphatic carbocycles. The number of hydrogen-bond donors (Lipinski definition) is 0. The molecule has 2 aromatic carbocycles. The van der Waals surface area contributed by atoms with E-state index in [1.807, 2.05) is 60.3 Å². The van der Waals surface area contributed by atoms with Gasteiger partial charge in [0.15, 0.2) is 0 Å². The Morgan fingerprint density at radius 3 is 2.24 bits per heavy atom. The molecule has 33 heavy (non-hydrogen) atoms. The van der Waals surface area contributed by atoms with Gasteiger partial charge in [-0.3, -0.25) is 14.2 Å². The van der Waals surface area contributed by atoms with E-state index in [9.17, 15) is 9.59 Å². The van der Waals surface area contributed by atoms with Crippen molar-refractivity contribution in [3.05, 3.63) is 100 Å². The number of anilines is 1. The first-order valence-corrected chi connectivity index (χ1v) is 11.5. The zero-order chi connectivity index (χ0) is 23.2. The SMILES string of the molecule is CN(C)c1ccc(C=C(C(=O)N2CCC(Cc3ccccc3)CC2)n2ccccc2=O)cc1. The van der Waals surface area contributed by atoms with Gasteiger partial charge in [-0.15, -0.1) is 0 Å². The number of carbonyl (C=O) groups excluding carboxylic acids is 1. The standard InChI is InChI=1S/C28H31N3O2/c1-29(2)25-13-11-23(12-14-25)21-26(31-17-7-6-10-27(31)32)28(33)30-18-15-24(16-19-30)20-22-8-4-3-5-9-22/h3-14,17,21,24H,15-16,18-20H2,1-2H3. The quantitative estimate of drug-likeness (QED) is 0.533. The van der Waals surface area contributed by atoms with Crippen LogP contribution >= 0.6 is 0 Å². The molecule has 1 amide bonds. The van der Waals surface area contributed by atoms with Crippen LogP contribution in [0.2, 0.25) is 0 Å². The highest BCUT2D eigenvalue weighted by Crippen LogP contribution is 2.24. The van der Waals surface area contributed by atoms with E-state index in [1.165, 1.54) is 16.2 Å². The van der Waals surface area contributed by atoms with Crippen molar-refractivity contribution in [1.29, 1.82) is 0 Å². The summed E-state index contributed by atoms with van der Waals surface area (Å²) < 4.78 is 1.46. The Morgan fingerprint density at radius 1 is 0.939 bits per heavy atom. The third kappa shape index (κ3) is 5.61. The van der Waals surface area contributed by atoms with Crippen molar-refractivity contribution in [2.24, 2.45) is 5.92 Å². The number of carbonyl (C=O) groups is 1. The van der Waals surface area contributed by atoms with Gasteiger partial charge in [0.25, 0.3) is 11.5 Å². The fraction of sp³-hybridized carbons (Fsp3) is 0.286. The van der Waals surface area contributed by atoms with E-state index in [-0.39, 0.29) is 11.5 Å². The van der Waals surface area contributed by atoms with Crippen molar-refractivity contribution in [3.63, 3.8) is 0 Å². The highest BCUT2D eigenvalue weighted by Gasteiger charge is 2.26. The minimum atomic E-state index is -0.207. The van der Waals surface area contributed by atoms with E-state index in [1.54, 1.807) is 18.3 Å². The second-order valence-electron chi connectivity index (χ2n) is 8.85. The zero-order valence-electron chi connectivity index (χ0n) is 19.4. The molecule has 0 radical (unpaired) electrons. The van der Waals surface area contributed by atoms with Gasteiger partial charge in [0, 0.05) is 45.1 Å². The Kier molecular flexibility index (Phi) is 7.08. The van der Waals surface area contributed by atoms with Crippen LogP contribution in [0, 0.1) is 5.92 Å². The van der Waals surface area contributed by atoms with Crippen molar-refractivity contribution >= 4 is 23.4 Å². The minimum absolute atomic E-state index is 0.0989. The summed E-state index contributed by atoms with van der Waals surface area (Å²) in [7, 11) is 3.98. The molecule has 0 atom stereocenters. The summed E-state index contributed by atoms with van der Waals surface area (Å²) in [5, 5.41) is 0. The fourth-order valence-corrected chi connectivity index (χ4v) is 4.34. The monoisotopic (exact) mass is 441 g/mol. The van der Waals surface area contributed by atoms with Crippen LogP contribution in [0.5, 0.6) is 0 Å². The summed E-state index contributed by atoms with van der Waals surface area (Å²) in [5.41, 5.74) is 3.50. The van der Waals surface area contributed by atoms with Gasteiger partial charge in [-0.2, -0.15) is 0 Å². The second-order valence-corrected chi connectivity index (χ2v) is 8.85. The molecule has 0 spiro atoms. The average molecular weight is 442 g/mol. The Bertz CT molecular complexity index is 1160. The number of pyridine rings is 1. The topological polar surface area (TPSA) is 45.6 Å². The van der Waals surface area contributed by atoms with E-state index in [2.05, 4.69) is 24.3 Å². The Morgan fingerprint density at radius 2 is 1.61 bits per heavy atom. The number of likely N-dealkylation sites (tertiary alicyclic amines) is 1. The van der Waals surface area contributed by atoms with Crippen LogP contribution in [0.1, 0.15) is 24.0 Å². The number of piperidine rings is 1. The van der Waals surface area contributed by atoms with Crippen LogP contribution in [-0.2, 0) is 11.2 Å². The molecule has 4 rings (SSSR count). The predicted molar refractivity (Wildman–Crippen MR) is 135 cm³/mol. The lowest BCUT2D eigenvalue weighted by Crippen LogP contribution is -2.41. The number of aromatic nitrogens is 1. The Labute approximate surface area is 195 Å². The van der Waals surface area contributed by atoms with Crippen LogP contribution in [0.4, 0.5) is 5.69 Å². The van der Waals surface area contributed by atoms with Gasteiger partial charge in [-0.25, -0.2) is 0 Å². The molecule has 5 heteroatoms. The van der Waals surface area contributed by atoms with Gasteiger partial charge >= 0.3 is 0 Å². The van der Waals surface area contributed by atoms with Crippen LogP contribution < -0.4 is 10.5 Å². The van der Waals surface area contributed by atoms with Crippen molar-refractivity contribution in [2.75, 3.05) is 32.1 Å². The van der Waals surface area contributed by atoms with E-state index in [0.717, 1.165) is 30.5 Å². The molecule has 0 bridgehead atoms. The third-order valence-electron chi connectivity index (χ3n) is 6.28. The molecule has 170 valence electrons. The maximum Gasteiger partial charge on any atom is 0.270 e. The van der Waals surface area contributed by atoms with Crippen LogP contribution in [-0.4, -0.2) is 42.6 Å². The zero-order valence-corrected chi connectivity index (χ0v) is 19.4. The first kappa shape index (κ1) is 22.6. The van der Waals surface area contributed by atoms with Crippen LogP contribution in [0.15, 0.2) is 83.8 Å². The van der Waals surface area contributed by atoms with Gasteiger partial charge in [0.05, 0.1) is 0 Å². The molecule has 1 saturated heterocycles. The van der Waals surface area contributed by atoms with E-state index in [4.69, 9.17) is 0 Å². The summed E-state index contributed by atoms with van der Waals surface area (Å²) in [4.78, 5) is 30.1. The Balaban J connectivity index is 1.54. The molecule has 1 aromatic heterocycles. The largest absolute Gasteiger partial charge is 0.378 e. The van der Waals surface area contributed by atoms with Crippen molar-refractivity contribution in [1.82, 2.24) is 9.47 Å². The first-order chi connectivity index (χ1) is 16.0. The van der Waals surface area contributed by atoms with E-state index < -0.39 is 0 Å². The van der Waals surface area contributed by atoms with Crippen LogP contribution in [0.25, 0.3) is 11.8 Å². The fourth-order valence-electron chi connectivity index (χ4n) is 4.34. The smallest absolute Gasteiger partial charge is 0.270 e. The molecule has 1 fully saturated rings. The van der Waals surface area contributed by atoms with Gasteiger partial charge in [-0.1, -0.05) is 48.5 Å². The van der Waals surface area contributed by atoms with Gasteiger partial charge in [-0.05, 0) is 60.6 Å². The molecule has 2 heterocycles. The normalized spacial score (nSPS) is 14.8. The number of benzene rings is 2. The average Bonchev–Trinajstić information content (AvgIpc) is 2.84. The molecule has 0 N–H and O–H groups in total. The molecule has 0 unspecified atom stereocenters. The molecular weight excluding hydrogens is 410 g/mol. The highest BCUT2D eigenvalue weighted by atomic mass is 16.2. The predicted octanol–water partition coefficient (Wildman–Crippen LogP) is 4.39. The summed E-state index contributed by atoms with van der Waals surface area (Å²) in [6.45, 7) is 1.41. The first-order valence-electron chi connectivity index (χ1n) is 11.5. The van der Waals surface area contributed by atoms with Crippen molar-refractivity contribution < 1.29 is 4.79 Å². The van der Waals surface area contributed by atoms with E-state index in [0.29, 0.717) is 24.7 Å². The molecule has 1 aliphatic rings. The summed E-state index contributed by atoms with van der Waals surface area (Å²) in [6.07, 6.45) is 6.47.